The number of rotatable bonds is 9. The van der Waals surface area contributed by atoms with Crippen LogP contribution in [0, 0.1) is 5.92 Å². The molecule has 25 heavy (non-hydrogen) atoms. The fraction of sp³-hybridized carbons (Fsp3) is 0.524. The summed E-state index contributed by atoms with van der Waals surface area (Å²) >= 11 is 0. The van der Waals surface area contributed by atoms with Crippen LogP contribution in [-0.4, -0.2) is 35.9 Å². The Bertz CT molecular complexity index is 607. The van der Waals surface area contributed by atoms with Crippen LogP contribution in [0.15, 0.2) is 42.8 Å². The van der Waals surface area contributed by atoms with Gasteiger partial charge in [0.2, 0.25) is 0 Å². The van der Waals surface area contributed by atoms with Crippen LogP contribution in [0.25, 0.3) is 0 Å². The van der Waals surface area contributed by atoms with Gasteiger partial charge in [-0.2, -0.15) is 0 Å². The van der Waals surface area contributed by atoms with Crippen LogP contribution >= 0.6 is 0 Å². The quantitative estimate of drug-likeness (QED) is 0.505. The molecule has 134 valence electrons. The number of carbonyl (C=O) groups excluding carboxylic acids is 1. The topological polar surface area (TPSA) is 42.4 Å². The minimum absolute atomic E-state index is 0.00350. The largest absolute Gasteiger partial charge is 0.492 e. The number of hydrogen-bond donors (Lipinski definition) is 0. The maximum absolute atomic E-state index is 10.5. The molecule has 0 amide bonds. The molecule has 3 rings (SSSR count). The zero-order valence-electron chi connectivity index (χ0n) is 15.1. The molecule has 0 bridgehead atoms. The predicted octanol–water partition coefficient (Wildman–Crippen LogP) is 3.88. The van der Waals surface area contributed by atoms with Gasteiger partial charge >= 0.3 is 0 Å². The summed E-state index contributed by atoms with van der Waals surface area (Å²) in [7, 11) is 0. The van der Waals surface area contributed by atoms with Gasteiger partial charge in [0.1, 0.15) is 12.0 Å². The molecule has 1 aromatic rings. The maximum atomic E-state index is 10.5. The standard InChI is InChI=1S/C21H28N2O2/c1-2-25-19-6-7-20(22-17-19)21(11-12-21)10-4-13-23-14-8-18(9-15-23)5-3-16-24/h4,6-7,11-13,16-18H,2-3,5,8-10,14-15H2,1H3/b13-4+. The number of hydrogen-bond acceptors (Lipinski definition) is 4. The first-order valence-corrected chi connectivity index (χ1v) is 9.40. The SMILES string of the molecule is CCOc1ccc(C2(C/C=C/N3CCC(CCC=O)CC3)C=C2)nc1. The lowest BCUT2D eigenvalue weighted by molar-refractivity contribution is -0.108. The zero-order valence-corrected chi connectivity index (χ0v) is 15.1. The minimum Gasteiger partial charge on any atom is -0.492 e. The Morgan fingerprint density at radius 1 is 1.32 bits per heavy atom. The number of aromatic nitrogens is 1. The number of aldehydes is 1. The van der Waals surface area contributed by atoms with Crippen molar-refractivity contribution in [1.82, 2.24) is 9.88 Å². The molecule has 0 radical (unpaired) electrons. The average Bonchev–Trinajstić information content (AvgIpc) is 3.43. The van der Waals surface area contributed by atoms with Crippen molar-refractivity contribution >= 4 is 6.29 Å². The van der Waals surface area contributed by atoms with E-state index in [1.165, 1.54) is 12.8 Å². The molecule has 1 saturated heterocycles. The van der Waals surface area contributed by atoms with Crippen LogP contribution in [0.2, 0.25) is 0 Å². The maximum Gasteiger partial charge on any atom is 0.137 e. The Kier molecular flexibility index (Phi) is 5.90. The molecule has 0 unspecified atom stereocenters. The molecular weight excluding hydrogens is 312 g/mol. The van der Waals surface area contributed by atoms with Gasteiger partial charge in [-0.05, 0) is 56.9 Å². The van der Waals surface area contributed by atoms with E-state index >= 15 is 0 Å². The monoisotopic (exact) mass is 340 g/mol. The van der Waals surface area contributed by atoms with Crippen molar-refractivity contribution in [3.8, 4) is 5.75 Å². The summed E-state index contributed by atoms with van der Waals surface area (Å²) in [6.07, 6.45) is 16.9. The van der Waals surface area contributed by atoms with E-state index in [-0.39, 0.29) is 5.41 Å². The van der Waals surface area contributed by atoms with E-state index in [1.54, 1.807) is 0 Å². The number of nitrogens with zero attached hydrogens (tertiary/aromatic N) is 2. The summed E-state index contributed by atoms with van der Waals surface area (Å²) in [6, 6.07) is 4.07. The molecule has 0 N–H and O–H groups in total. The number of carbonyl (C=O) groups is 1. The minimum atomic E-state index is 0.00350. The Morgan fingerprint density at radius 2 is 2.12 bits per heavy atom. The molecule has 2 heterocycles. The van der Waals surface area contributed by atoms with E-state index in [9.17, 15) is 4.79 Å². The Labute approximate surface area is 150 Å². The van der Waals surface area contributed by atoms with E-state index in [4.69, 9.17) is 4.74 Å². The molecule has 4 heteroatoms. The number of allylic oxidation sites excluding steroid dienone is 3. The van der Waals surface area contributed by atoms with Crippen LogP contribution in [0.5, 0.6) is 5.75 Å². The molecule has 0 aromatic carbocycles. The highest BCUT2D eigenvalue weighted by Crippen LogP contribution is 2.41. The second-order valence-electron chi connectivity index (χ2n) is 7.00. The van der Waals surface area contributed by atoms with Crippen LogP contribution in [0.4, 0.5) is 0 Å². The Balaban J connectivity index is 1.46. The molecule has 1 fully saturated rings. The molecule has 1 aliphatic carbocycles. The molecule has 0 saturated carbocycles. The number of piperidine rings is 1. The van der Waals surface area contributed by atoms with Gasteiger partial charge in [-0.3, -0.25) is 4.98 Å². The number of likely N-dealkylation sites (tertiary alicyclic amines) is 1. The van der Waals surface area contributed by atoms with Crippen molar-refractivity contribution in [3.63, 3.8) is 0 Å². The summed E-state index contributed by atoms with van der Waals surface area (Å²) in [6.45, 7) is 4.84. The van der Waals surface area contributed by atoms with Gasteiger partial charge in [0.25, 0.3) is 0 Å². The highest BCUT2D eigenvalue weighted by molar-refractivity contribution is 5.49. The van der Waals surface area contributed by atoms with Gasteiger partial charge in [-0.15, -0.1) is 0 Å². The summed E-state index contributed by atoms with van der Waals surface area (Å²) in [5.74, 6) is 1.55. The molecule has 4 nitrogen and oxygen atoms in total. The van der Waals surface area contributed by atoms with E-state index < -0.39 is 0 Å². The van der Waals surface area contributed by atoms with Crippen molar-refractivity contribution in [2.24, 2.45) is 5.92 Å². The lowest BCUT2D eigenvalue weighted by atomic mass is 9.92. The van der Waals surface area contributed by atoms with Crippen molar-refractivity contribution < 1.29 is 9.53 Å². The normalized spacial score (nSPS) is 19.3. The summed E-state index contributed by atoms with van der Waals surface area (Å²) in [5, 5.41) is 0. The molecular formula is C21H28N2O2. The predicted molar refractivity (Wildman–Crippen MR) is 99.6 cm³/mol. The number of ether oxygens (including phenoxy) is 1. The van der Waals surface area contributed by atoms with Crippen LogP contribution in [-0.2, 0) is 10.2 Å². The highest BCUT2D eigenvalue weighted by Gasteiger charge is 2.36. The fourth-order valence-corrected chi connectivity index (χ4v) is 3.51. The van der Waals surface area contributed by atoms with Crippen molar-refractivity contribution in [2.45, 2.75) is 44.4 Å². The van der Waals surface area contributed by atoms with E-state index in [1.807, 2.05) is 19.2 Å². The van der Waals surface area contributed by atoms with Crippen LogP contribution < -0.4 is 4.74 Å². The van der Waals surface area contributed by atoms with Crippen LogP contribution in [0.3, 0.4) is 0 Å². The first-order chi connectivity index (χ1) is 12.3. The fourth-order valence-electron chi connectivity index (χ4n) is 3.51. The Morgan fingerprint density at radius 3 is 2.72 bits per heavy atom. The van der Waals surface area contributed by atoms with Gasteiger partial charge in [-0.25, -0.2) is 0 Å². The van der Waals surface area contributed by atoms with Crippen molar-refractivity contribution in [1.29, 1.82) is 0 Å². The van der Waals surface area contributed by atoms with Gasteiger partial charge in [0.05, 0.1) is 23.9 Å². The zero-order chi connectivity index (χ0) is 17.5. The van der Waals surface area contributed by atoms with Gasteiger partial charge in [0.15, 0.2) is 0 Å². The molecule has 2 aliphatic rings. The highest BCUT2D eigenvalue weighted by atomic mass is 16.5. The first kappa shape index (κ1) is 17.7. The van der Waals surface area contributed by atoms with Crippen molar-refractivity contribution in [3.05, 3.63) is 48.5 Å². The molecule has 1 aliphatic heterocycles. The van der Waals surface area contributed by atoms with E-state index in [0.29, 0.717) is 13.0 Å². The Hall–Kier alpha value is -2.10. The second kappa shape index (κ2) is 8.32. The van der Waals surface area contributed by atoms with E-state index in [0.717, 1.165) is 49.6 Å². The third-order valence-corrected chi connectivity index (χ3v) is 5.21. The third-order valence-electron chi connectivity index (χ3n) is 5.21. The van der Waals surface area contributed by atoms with Gasteiger partial charge < -0.3 is 14.4 Å². The smallest absolute Gasteiger partial charge is 0.137 e. The van der Waals surface area contributed by atoms with Crippen LogP contribution in [0.1, 0.15) is 44.7 Å². The number of pyridine rings is 1. The lowest BCUT2D eigenvalue weighted by Crippen LogP contribution is -2.29. The van der Waals surface area contributed by atoms with E-state index in [2.05, 4.69) is 40.4 Å². The summed E-state index contributed by atoms with van der Waals surface area (Å²) < 4.78 is 5.46. The van der Waals surface area contributed by atoms with Gasteiger partial charge in [0, 0.05) is 19.5 Å². The average molecular weight is 340 g/mol. The lowest BCUT2D eigenvalue weighted by Gasteiger charge is -2.31. The molecule has 0 spiro atoms. The third kappa shape index (κ3) is 4.71. The molecule has 0 atom stereocenters. The summed E-state index contributed by atoms with van der Waals surface area (Å²) in [4.78, 5) is 17.5. The molecule has 1 aromatic heterocycles. The second-order valence-corrected chi connectivity index (χ2v) is 7.00. The summed E-state index contributed by atoms with van der Waals surface area (Å²) in [5.41, 5.74) is 1.09. The van der Waals surface area contributed by atoms with Crippen molar-refractivity contribution in [2.75, 3.05) is 19.7 Å². The first-order valence-electron chi connectivity index (χ1n) is 9.40. The van der Waals surface area contributed by atoms with Gasteiger partial charge in [-0.1, -0.05) is 18.2 Å².